The van der Waals surface area contributed by atoms with Crippen molar-refractivity contribution in [2.45, 2.75) is 98.3 Å². The van der Waals surface area contributed by atoms with Crippen LogP contribution in [0.4, 0.5) is 0 Å². The van der Waals surface area contributed by atoms with Crippen LogP contribution in [0.1, 0.15) is 98.3 Å². The Morgan fingerprint density at radius 1 is 0.760 bits per heavy atom. The van der Waals surface area contributed by atoms with Crippen molar-refractivity contribution >= 4 is 17.5 Å². The van der Waals surface area contributed by atoms with Crippen LogP contribution >= 0.6 is 0 Å². The molecule has 0 aliphatic heterocycles. The van der Waals surface area contributed by atoms with Gasteiger partial charge in [0, 0.05) is 37.6 Å². The highest BCUT2D eigenvalue weighted by molar-refractivity contribution is 5.80. The third-order valence-corrected chi connectivity index (χ3v) is 4.68. The Kier molecular flexibility index (Phi) is 14.4. The smallest absolute Gasteiger partial charge is 0.219 e. The molecule has 25 heavy (non-hydrogen) atoms. The summed E-state index contributed by atoms with van der Waals surface area (Å²) >= 11 is 0. The van der Waals surface area contributed by atoms with Gasteiger partial charge in [-0.15, -0.1) is 0 Å². The molecule has 0 aromatic heterocycles. The molecule has 4 nitrogen and oxygen atoms in total. The molecule has 146 valence electrons. The normalized spacial score (nSPS) is 12.2. The van der Waals surface area contributed by atoms with Gasteiger partial charge in [-0.2, -0.15) is 0 Å². The molecule has 0 saturated heterocycles. The zero-order chi connectivity index (χ0) is 19.1. The second-order valence-electron chi connectivity index (χ2n) is 7.50. The number of hydrogen-bond acceptors (Lipinski definition) is 3. The number of unbranched alkanes of at least 4 members (excludes halogenated alkanes) is 4. The number of carbonyl (C=O) groups is 3. The van der Waals surface area contributed by atoms with Crippen LogP contribution in [-0.2, 0) is 14.4 Å². The monoisotopic (exact) mass is 353 g/mol. The molecule has 0 aliphatic rings. The Morgan fingerprint density at radius 3 is 2.00 bits per heavy atom. The van der Waals surface area contributed by atoms with E-state index in [4.69, 9.17) is 0 Å². The Labute approximate surface area is 154 Å². The molecule has 0 heterocycles. The zero-order valence-electron chi connectivity index (χ0n) is 16.9. The van der Waals surface area contributed by atoms with E-state index < -0.39 is 0 Å². The highest BCUT2D eigenvalue weighted by atomic mass is 16.1. The van der Waals surface area contributed by atoms with Gasteiger partial charge in [0.1, 0.15) is 11.6 Å². The summed E-state index contributed by atoms with van der Waals surface area (Å²) in [7, 11) is 0. The quantitative estimate of drug-likeness (QED) is 0.404. The number of rotatable bonds is 16. The van der Waals surface area contributed by atoms with Crippen LogP contribution in [0.25, 0.3) is 0 Å². The predicted molar refractivity (Wildman–Crippen MR) is 103 cm³/mol. The summed E-state index contributed by atoms with van der Waals surface area (Å²) in [6.45, 7) is 8.69. The molecule has 0 aromatic carbocycles. The fourth-order valence-corrected chi connectivity index (χ4v) is 2.71. The predicted octanol–water partition coefficient (Wildman–Crippen LogP) is 4.84. The van der Waals surface area contributed by atoms with E-state index >= 15 is 0 Å². The lowest BCUT2D eigenvalue weighted by Gasteiger charge is -2.09. The van der Waals surface area contributed by atoms with Gasteiger partial charge in [-0.1, -0.05) is 47.0 Å². The first-order valence-corrected chi connectivity index (χ1v) is 10.2. The molecule has 0 rings (SSSR count). The van der Waals surface area contributed by atoms with Crippen molar-refractivity contribution in [1.82, 2.24) is 5.32 Å². The fourth-order valence-electron chi connectivity index (χ4n) is 2.71. The minimum atomic E-state index is 0.0706. The van der Waals surface area contributed by atoms with Crippen LogP contribution in [-0.4, -0.2) is 24.0 Å². The van der Waals surface area contributed by atoms with E-state index in [0.29, 0.717) is 31.6 Å². The van der Waals surface area contributed by atoms with Crippen LogP contribution < -0.4 is 5.32 Å². The van der Waals surface area contributed by atoms with E-state index in [1.165, 1.54) is 0 Å². The van der Waals surface area contributed by atoms with Gasteiger partial charge in [0.15, 0.2) is 0 Å². The summed E-state index contributed by atoms with van der Waals surface area (Å²) in [6.07, 6.45) is 9.42. The molecule has 0 fully saturated rings. The summed E-state index contributed by atoms with van der Waals surface area (Å²) in [6, 6.07) is 0. The highest BCUT2D eigenvalue weighted by Gasteiger charge is 2.11. The molecule has 0 bridgehead atoms. The number of carbonyl (C=O) groups excluding carboxylic acids is 3. The third kappa shape index (κ3) is 13.7. The van der Waals surface area contributed by atoms with Crippen molar-refractivity contribution in [3.63, 3.8) is 0 Å². The van der Waals surface area contributed by atoms with E-state index in [2.05, 4.69) is 12.2 Å². The summed E-state index contributed by atoms with van der Waals surface area (Å²) < 4.78 is 0. The van der Waals surface area contributed by atoms with E-state index in [-0.39, 0.29) is 23.5 Å². The fraction of sp³-hybridized carbons (Fsp3) is 0.857. The lowest BCUT2D eigenvalue weighted by molar-refractivity contribution is -0.123. The SMILES string of the molecule is CCCCC(C)C(=O)CCCCCNC(=O)CCCCC(=O)C(C)C. The van der Waals surface area contributed by atoms with Crippen LogP contribution in [0, 0.1) is 11.8 Å². The van der Waals surface area contributed by atoms with Gasteiger partial charge in [-0.05, 0) is 32.1 Å². The lowest BCUT2D eigenvalue weighted by atomic mass is 9.96. The summed E-state index contributed by atoms with van der Waals surface area (Å²) in [5.74, 6) is 1.02. The van der Waals surface area contributed by atoms with Gasteiger partial charge in [0.2, 0.25) is 5.91 Å². The molecule has 4 heteroatoms. The molecule has 1 unspecified atom stereocenters. The van der Waals surface area contributed by atoms with Crippen LogP contribution in [0.5, 0.6) is 0 Å². The summed E-state index contributed by atoms with van der Waals surface area (Å²) in [4.78, 5) is 35.1. The second-order valence-corrected chi connectivity index (χ2v) is 7.50. The Balaban J connectivity index is 3.51. The highest BCUT2D eigenvalue weighted by Crippen LogP contribution is 2.13. The van der Waals surface area contributed by atoms with Crippen LogP contribution in [0.3, 0.4) is 0 Å². The topological polar surface area (TPSA) is 63.2 Å². The van der Waals surface area contributed by atoms with Crippen molar-refractivity contribution in [3.8, 4) is 0 Å². The van der Waals surface area contributed by atoms with Crippen molar-refractivity contribution < 1.29 is 14.4 Å². The van der Waals surface area contributed by atoms with Gasteiger partial charge < -0.3 is 5.32 Å². The molecule has 0 aromatic rings. The molecule has 1 atom stereocenters. The molecule has 1 N–H and O–H groups in total. The maximum atomic E-state index is 11.9. The number of amides is 1. The first kappa shape index (κ1) is 23.8. The first-order chi connectivity index (χ1) is 11.9. The largest absolute Gasteiger partial charge is 0.356 e. The van der Waals surface area contributed by atoms with E-state index in [9.17, 15) is 14.4 Å². The van der Waals surface area contributed by atoms with Gasteiger partial charge in [0.25, 0.3) is 0 Å². The second kappa shape index (κ2) is 15.1. The molecule has 0 spiro atoms. The van der Waals surface area contributed by atoms with Crippen molar-refractivity contribution in [2.75, 3.05) is 6.54 Å². The summed E-state index contributed by atoms with van der Waals surface area (Å²) in [5.41, 5.74) is 0. The van der Waals surface area contributed by atoms with Crippen LogP contribution in [0.2, 0.25) is 0 Å². The zero-order valence-corrected chi connectivity index (χ0v) is 16.9. The number of ketones is 2. The first-order valence-electron chi connectivity index (χ1n) is 10.2. The molecule has 0 radical (unpaired) electrons. The van der Waals surface area contributed by atoms with Crippen molar-refractivity contribution in [1.29, 1.82) is 0 Å². The van der Waals surface area contributed by atoms with Gasteiger partial charge in [-0.3, -0.25) is 14.4 Å². The van der Waals surface area contributed by atoms with Gasteiger partial charge in [0.05, 0.1) is 0 Å². The minimum Gasteiger partial charge on any atom is -0.356 e. The maximum absolute atomic E-state index is 11.9. The third-order valence-electron chi connectivity index (χ3n) is 4.68. The number of Topliss-reactive ketones (excluding diaryl/α,β-unsaturated/α-hetero) is 2. The van der Waals surface area contributed by atoms with E-state index in [1.807, 2.05) is 20.8 Å². The van der Waals surface area contributed by atoms with Gasteiger partial charge in [-0.25, -0.2) is 0 Å². The maximum Gasteiger partial charge on any atom is 0.219 e. The molecule has 0 aliphatic carbocycles. The average molecular weight is 354 g/mol. The average Bonchev–Trinajstić information content (AvgIpc) is 2.58. The summed E-state index contributed by atoms with van der Waals surface area (Å²) in [5, 5.41) is 2.92. The Bertz CT molecular complexity index is 391. The van der Waals surface area contributed by atoms with Crippen LogP contribution in [0.15, 0.2) is 0 Å². The van der Waals surface area contributed by atoms with Crippen molar-refractivity contribution in [3.05, 3.63) is 0 Å². The molecular formula is C21H39NO3. The van der Waals surface area contributed by atoms with Crippen molar-refractivity contribution in [2.24, 2.45) is 11.8 Å². The Morgan fingerprint density at radius 2 is 1.36 bits per heavy atom. The molecule has 1 amide bonds. The number of nitrogens with one attached hydrogen (secondary N) is 1. The number of hydrogen-bond donors (Lipinski definition) is 1. The standard InChI is InChI=1S/C21H39NO3/c1-5-6-12-18(4)20(24)14-8-7-11-16-22-21(25)15-10-9-13-19(23)17(2)3/h17-18H,5-16H2,1-4H3,(H,22,25). The molecule has 0 saturated carbocycles. The lowest BCUT2D eigenvalue weighted by Crippen LogP contribution is -2.24. The van der Waals surface area contributed by atoms with E-state index in [1.54, 1.807) is 0 Å². The minimum absolute atomic E-state index is 0.0706. The van der Waals surface area contributed by atoms with Gasteiger partial charge >= 0.3 is 0 Å². The molecular weight excluding hydrogens is 314 g/mol. The van der Waals surface area contributed by atoms with E-state index in [0.717, 1.165) is 51.4 Å². The Hall–Kier alpha value is -1.19.